The summed E-state index contributed by atoms with van der Waals surface area (Å²) in [4.78, 5) is 27.5. The zero-order valence-electron chi connectivity index (χ0n) is 6.27. The fourth-order valence-corrected chi connectivity index (χ4v) is 1.55. The topological polar surface area (TPSA) is 95.9 Å². The highest BCUT2D eigenvalue weighted by Gasteiger charge is 2.24. The van der Waals surface area contributed by atoms with Crippen LogP contribution in [0, 0.1) is 0 Å². The predicted molar refractivity (Wildman–Crippen MR) is 39.8 cm³/mol. The van der Waals surface area contributed by atoms with Gasteiger partial charge in [-0.3, -0.25) is 4.57 Å². The first-order valence-electron chi connectivity index (χ1n) is 3.45. The van der Waals surface area contributed by atoms with Gasteiger partial charge in [0.15, 0.2) is 0 Å². The van der Waals surface area contributed by atoms with Crippen molar-refractivity contribution in [2.75, 3.05) is 12.8 Å². The van der Waals surface area contributed by atoms with Crippen LogP contribution in [0.25, 0.3) is 0 Å². The molecule has 6 nitrogen and oxygen atoms in total. The molecule has 0 aliphatic carbocycles. The van der Waals surface area contributed by atoms with Gasteiger partial charge in [0.2, 0.25) is 0 Å². The minimum Gasteiger partial charge on any atom is -0.447 e. The van der Waals surface area contributed by atoms with Crippen LogP contribution in [0.3, 0.4) is 0 Å². The summed E-state index contributed by atoms with van der Waals surface area (Å²) in [6.07, 6.45) is -0.497. The van der Waals surface area contributed by atoms with E-state index in [2.05, 4.69) is 10.1 Å². The molecular formula is C5H10NO5P. The zero-order chi connectivity index (χ0) is 9.19. The molecule has 7 heteroatoms. The monoisotopic (exact) mass is 195 g/mol. The zero-order valence-corrected chi connectivity index (χ0v) is 7.16. The molecule has 1 saturated heterocycles. The molecule has 0 spiro atoms. The van der Waals surface area contributed by atoms with Gasteiger partial charge in [0, 0.05) is 0 Å². The Morgan fingerprint density at radius 3 is 2.75 bits per heavy atom. The molecule has 70 valence electrons. The number of hydrogen-bond donors (Lipinski definition) is 3. The van der Waals surface area contributed by atoms with E-state index in [-0.39, 0.29) is 25.2 Å². The van der Waals surface area contributed by atoms with Crippen LogP contribution in [-0.2, 0) is 9.30 Å². The highest BCUT2D eigenvalue weighted by molar-refractivity contribution is 7.51. The molecule has 0 radical (unpaired) electrons. The maximum atomic E-state index is 10.5. The molecule has 12 heavy (non-hydrogen) atoms. The quantitative estimate of drug-likeness (QED) is 0.535. The van der Waals surface area contributed by atoms with E-state index < -0.39 is 13.7 Å². The van der Waals surface area contributed by atoms with E-state index >= 15 is 0 Å². The molecule has 1 aliphatic rings. The molecule has 0 aromatic rings. The van der Waals surface area contributed by atoms with Crippen molar-refractivity contribution in [3.63, 3.8) is 0 Å². The lowest BCUT2D eigenvalue weighted by molar-refractivity contribution is 0.176. The molecule has 1 heterocycles. The lowest BCUT2D eigenvalue weighted by Crippen LogP contribution is -2.26. The molecule has 0 unspecified atom stereocenters. The average molecular weight is 195 g/mol. The summed E-state index contributed by atoms with van der Waals surface area (Å²) in [6.45, 7) is 0.193. The van der Waals surface area contributed by atoms with Gasteiger partial charge in [-0.25, -0.2) is 4.79 Å². The molecule has 3 N–H and O–H groups in total. The summed E-state index contributed by atoms with van der Waals surface area (Å²) in [5.41, 5.74) is 0. The van der Waals surface area contributed by atoms with Crippen molar-refractivity contribution >= 4 is 13.7 Å². The molecule has 1 amide bonds. The Balaban J connectivity index is 2.25. The summed E-state index contributed by atoms with van der Waals surface area (Å²) in [5.74, 6) is 0. The van der Waals surface area contributed by atoms with E-state index in [0.29, 0.717) is 0 Å². The standard InChI is InChI=1S/C5H10NO5P/c7-5-6-4(3-11-5)1-2-12(8,9)10/h4H,1-3H2,(H,6,7)(H2,8,9,10)/t4-/m1/s1. The number of cyclic esters (lactones) is 1. The third kappa shape index (κ3) is 3.21. The molecular weight excluding hydrogens is 185 g/mol. The number of carbonyl (C=O) groups excluding carboxylic acids is 1. The van der Waals surface area contributed by atoms with Gasteiger partial charge in [0.1, 0.15) is 6.61 Å². The summed E-state index contributed by atoms with van der Waals surface area (Å²) in [5, 5.41) is 2.42. The Hall–Kier alpha value is -0.580. The van der Waals surface area contributed by atoms with Gasteiger partial charge in [0.05, 0.1) is 12.2 Å². The minimum absolute atomic E-state index is 0.193. The van der Waals surface area contributed by atoms with Gasteiger partial charge < -0.3 is 19.8 Å². The number of hydrogen-bond acceptors (Lipinski definition) is 3. The van der Waals surface area contributed by atoms with Crippen LogP contribution in [0.1, 0.15) is 6.42 Å². The normalized spacial score (nSPS) is 23.5. The van der Waals surface area contributed by atoms with Crippen molar-refractivity contribution in [1.82, 2.24) is 5.32 Å². The number of nitrogens with one attached hydrogen (secondary N) is 1. The fraction of sp³-hybridized carbons (Fsp3) is 0.800. The average Bonchev–Trinajstić information content (AvgIpc) is 2.30. The van der Waals surface area contributed by atoms with Crippen molar-refractivity contribution in [2.24, 2.45) is 0 Å². The second-order valence-electron chi connectivity index (χ2n) is 2.62. The van der Waals surface area contributed by atoms with Crippen LogP contribution in [-0.4, -0.2) is 34.7 Å². The maximum Gasteiger partial charge on any atom is 0.407 e. The first-order valence-corrected chi connectivity index (χ1v) is 5.25. The van der Waals surface area contributed by atoms with E-state index in [1.807, 2.05) is 0 Å². The van der Waals surface area contributed by atoms with E-state index in [0.717, 1.165) is 0 Å². The summed E-state index contributed by atoms with van der Waals surface area (Å²) in [7, 11) is -3.94. The van der Waals surface area contributed by atoms with E-state index in [1.54, 1.807) is 0 Å². The fourth-order valence-electron chi connectivity index (χ4n) is 0.906. The van der Waals surface area contributed by atoms with Gasteiger partial charge >= 0.3 is 13.7 Å². The number of rotatable bonds is 3. The van der Waals surface area contributed by atoms with Gasteiger partial charge in [-0.1, -0.05) is 0 Å². The van der Waals surface area contributed by atoms with Gasteiger partial charge in [-0.05, 0) is 6.42 Å². The van der Waals surface area contributed by atoms with Gasteiger partial charge in [0.25, 0.3) is 0 Å². The first-order chi connectivity index (χ1) is 5.47. The number of amides is 1. The van der Waals surface area contributed by atoms with Crippen LogP contribution < -0.4 is 5.32 Å². The predicted octanol–water partition coefficient (Wildman–Crippen LogP) is -0.337. The van der Waals surface area contributed by atoms with Gasteiger partial charge in [-0.2, -0.15) is 0 Å². The lowest BCUT2D eigenvalue weighted by Gasteiger charge is -2.07. The lowest BCUT2D eigenvalue weighted by atomic mass is 10.2. The summed E-state index contributed by atoms with van der Waals surface area (Å²) < 4.78 is 14.9. The van der Waals surface area contributed by atoms with Crippen LogP contribution >= 0.6 is 7.60 Å². The number of carbonyl (C=O) groups is 1. The van der Waals surface area contributed by atoms with Gasteiger partial charge in [-0.15, -0.1) is 0 Å². The van der Waals surface area contributed by atoms with E-state index in [9.17, 15) is 9.36 Å². The van der Waals surface area contributed by atoms with Crippen molar-refractivity contribution in [3.8, 4) is 0 Å². The van der Waals surface area contributed by atoms with Crippen LogP contribution in [0.15, 0.2) is 0 Å². The SMILES string of the molecule is O=C1N[C@H](CCP(=O)(O)O)CO1. The molecule has 0 aromatic heterocycles. The minimum atomic E-state index is -3.94. The van der Waals surface area contributed by atoms with E-state index in [1.165, 1.54) is 0 Å². The van der Waals surface area contributed by atoms with Crippen molar-refractivity contribution in [1.29, 1.82) is 0 Å². The Morgan fingerprint density at radius 2 is 2.33 bits per heavy atom. The smallest absolute Gasteiger partial charge is 0.407 e. The van der Waals surface area contributed by atoms with Crippen LogP contribution in [0.5, 0.6) is 0 Å². The Labute approximate surface area is 69.1 Å². The maximum absolute atomic E-state index is 10.5. The summed E-state index contributed by atoms with van der Waals surface area (Å²) in [6, 6.07) is -0.259. The largest absolute Gasteiger partial charge is 0.447 e. The molecule has 1 atom stereocenters. The molecule has 0 bridgehead atoms. The molecule has 1 fully saturated rings. The highest BCUT2D eigenvalue weighted by Crippen LogP contribution is 2.35. The van der Waals surface area contributed by atoms with Crippen molar-refractivity contribution in [3.05, 3.63) is 0 Å². The van der Waals surface area contributed by atoms with Crippen LogP contribution in [0.4, 0.5) is 4.79 Å². The Kier molecular flexibility index (Phi) is 2.72. The second-order valence-corrected chi connectivity index (χ2v) is 4.39. The third-order valence-corrected chi connectivity index (χ3v) is 2.35. The van der Waals surface area contributed by atoms with Crippen molar-refractivity contribution in [2.45, 2.75) is 12.5 Å². The number of ether oxygens (including phenoxy) is 1. The number of alkyl carbamates (subject to hydrolysis) is 1. The molecule has 1 aliphatic heterocycles. The summed E-state index contributed by atoms with van der Waals surface area (Å²) >= 11 is 0. The Bertz CT molecular complexity index is 224. The Morgan fingerprint density at radius 1 is 1.67 bits per heavy atom. The van der Waals surface area contributed by atoms with E-state index in [4.69, 9.17) is 9.79 Å². The second kappa shape index (κ2) is 3.43. The van der Waals surface area contributed by atoms with Crippen molar-refractivity contribution < 1.29 is 23.9 Å². The molecule has 1 rings (SSSR count). The molecule has 0 aromatic carbocycles. The molecule has 0 saturated carbocycles. The highest BCUT2D eigenvalue weighted by atomic mass is 31.2. The van der Waals surface area contributed by atoms with Crippen LogP contribution in [0.2, 0.25) is 0 Å². The third-order valence-electron chi connectivity index (χ3n) is 1.51. The first kappa shape index (κ1) is 9.51.